The Balaban J connectivity index is 1.96. The molecule has 0 bridgehead atoms. The quantitative estimate of drug-likeness (QED) is 0.217. The Kier molecular flexibility index (Phi) is 10.5. The van der Waals surface area contributed by atoms with Gasteiger partial charge in [-0.2, -0.15) is 5.26 Å². The summed E-state index contributed by atoms with van der Waals surface area (Å²) in [6, 6.07) is 5.00. The molecule has 0 aliphatic carbocycles. The minimum absolute atomic E-state index is 0.166. The first-order valence-corrected chi connectivity index (χ1v) is 10.9. The van der Waals surface area contributed by atoms with Crippen molar-refractivity contribution in [2.24, 2.45) is 0 Å². The summed E-state index contributed by atoms with van der Waals surface area (Å²) in [5, 5.41) is 50.5. The molecule has 2 rings (SSSR count). The van der Waals surface area contributed by atoms with Crippen LogP contribution in [-0.4, -0.2) is 77.1 Å². The van der Waals surface area contributed by atoms with Crippen molar-refractivity contribution >= 4 is 23.8 Å². The third-order valence-corrected chi connectivity index (χ3v) is 5.71. The van der Waals surface area contributed by atoms with E-state index in [-0.39, 0.29) is 23.9 Å². The number of carbonyl (C=O) groups excluding carboxylic acids is 1. The molecule has 10 nitrogen and oxygen atoms in total. The van der Waals surface area contributed by atoms with Crippen LogP contribution in [0.4, 0.5) is 0 Å². The fourth-order valence-electron chi connectivity index (χ4n) is 2.90. The van der Waals surface area contributed by atoms with Crippen molar-refractivity contribution < 1.29 is 44.2 Å². The van der Waals surface area contributed by atoms with Crippen LogP contribution in [0.5, 0.6) is 17.2 Å². The van der Waals surface area contributed by atoms with Gasteiger partial charge in [0.1, 0.15) is 36.5 Å². The number of methoxy groups -OCH3 is 2. The third kappa shape index (κ3) is 7.38. The van der Waals surface area contributed by atoms with E-state index in [1.807, 2.05) is 6.07 Å². The molecular formula is C22H27NO9S. The molecule has 0 amide bonds. The Morgan fingerprint density at radius 2 is 1.85 bits per heavy atom. The molecule has 33 heavy (non-hydrogen) atoms. The van der Waals surface area contributed by atoms with Crippen LogP contribution in [0.3, 0.4) is 0 Å². The lowest BCUT2D eigenvalue weighted by molar-refractivity contribution is -0.209. The number of nitriles is 1. The number of thioether (sulfide) groups is 1. The maximum absolute atomic E-state index is 12.1. The highest BCUT2D eigenvalue weighted by Crippen LogP contribution is 2.37. The predicted octanol–water partition coefficient (Wildman–Crippen LogP) is 1.32. The van der Waals surface area contributed by atoms with Gasteiger partial charge in [0.15, 0.2) is 11.5 Å². The van der Waals surface area contributed by atoms with Crippen molar-refractivity contribution in [2.45, 2.75) is 42.7 Å². The number of hydrogen-bond acceptors (Lipinski definition) is 11. The van der Waals surface area contributed by atoms with Crippen molar-refractivity contribution in [2.75, 3.05) is 20.8 Å². The van der Waals surface area contributed by atoms with Gasteiger partial charge >= 0.3 is 5.97 Å². The Morgan fingerprint density at radius 3 is 2.45 bits per heavy atom. The molecule has 5 atom stereocenters. The van der Waals surface area contributed by atoms with Gasteiger partial charge in [-0.3, -0.25) is 0 Å². The zero-order valence-corrected chi connectivity index (χ0v) is 19.0. The summed E-state index contributed by atoms with van der Waals surface area (Å²) in [5.41, 5.74) is -0.386. The second-order valence-corrected chi connectivity index (χ2v) is 7.97. The Hall–Kier alpha value is -2.75. The molecule has 0 radical (unpaired) electrons. The number of carbonyl (C=O) groups is 1. The fraction of sp³-hybridized carbons (Fsp3) is 0.455. The number of esters is 1. The minimum atomic E-state index is -1.49. The number of aliphatic hydroxyl groups excluding tert-OH is 3. The molecule has 0 saturated carbocycles. The van der Waals surface area contributed by atoms with Gasteiger partial charge in [-0.15, -0.1) is 0 Å². The number of nitrogens with zero attached hydrogens (tertiary/aromatic N) is 1. The van der Waals surface area contributed by atoms with Gasteiger partial charge in [0.05, 0.1) is 20.3 Å². The van der Waals surface area contributed by atoms with Gasteiger partial charge in [-0.25, -0.2) is 4.79 Å². The van der Waals surface area contributed by atoms with Gasteiger partial charge in [-0.05, 0) is 35.6 Å². The SMILES string of the molecule is COc1cc(C=CC(=O)OCC2OC(SC=CCCC#N)C(O)C(O)C2O)cc(OC)c1O. The summed E-state index contributed by atoms with van der Waals surface area (Å²) in [5.74, 6) is -0.577. The number of phenols is 1. The molecule has 0 spiro atoms. The Bertz CT molecular complexity index is 873. The first-order chi connectivity index (χ1) is 15.8. The lowest BCUT2D eigenvalue weighted by Crippen LogP contribution is -2.57. The topological polar surface area (TPSA) is 159 Å². The standard InChI is InChI=1S/C22H27NO9S/c1-29-14-10-13(11-15(30-2)18(14)25)6-7-17(24)31-12-16-19(26)20(27)21(28)22(32-16)33-9-5-3-4-8-23/h5-7,9-11,16,19-22,25-28H,3-4,12H2,1-2H3. The van der Waals surface area contributed by atoms with Gasteiger partial charge in [0.25, 0.3) is 0 Å². The number of unbranched alkanes of at least 4 members (excludes halogenated alkanes) is 1. The first kappa shape index (κ1) is 26.5. The zero-order valence-electron chi connectivity index (χ0n) is 18.2. The number of benzene rings is 1. The highest BCUT2D eigenvalue weighted by molar-refractivity contribution is 8.02. The minimum Gasteiger partial charge on any atom is -0.502 e. The summed E-state index contributed by atoms with van der Waals surface area (Å²) < 4.78 is 20.8. The summed E-state index contributed by atoms with van der Waals surface area (Å²) >= 11 is 1.08. The van der Waals surface area contributed by atoms with Crippen LogP contribution < -0.4 is 9.47 Å². The fourth-order valence-corrected chi connectivity index (χ4v) is 3.83. The molecule has 1 heterocycles. The number of aromatic hydroxyl groups is 1. The molecule has 1 aromatic rings. The average Bonchev–Trinajstić information content (AvgIpc) is 2.82. The van der Waals surface area contributed by atoms with Crippen molar-refractivity contribution in [3.63, 3.8) is 0 Å². The van der Waals surface area contributed by atoms with Gasteiger partial charge < -0.3 is 39.4 Å². The molecule has 0 aromatic heterocycles. The van der Waals surface area contributed by atoms with E-state index in [1.54, 1.807) is 11.5 Å². The van der Waals surface area contributed by atoms with E-state index in [1.165, 1.54) is 32.4 Å². The number of allylic oxidation sites excluding steroid dienone is 1. The highest BCUT2D eigenvalue weighted by atomic mass is 32.2. The smallest absolute Gasteiger partial charge is 0.330 e. The molecule has 1 aromatic carbocycles. The maximum atomic E-state index is 12.1. The Morgan fingerprint density at radius 1 is 1.18 bits per heavy atom. The van der Waals surface area contributed by atoms with E-state index in [4.69, 9.17) is 24.2 Å². The average molecular weight is 482 g/mol. The second-order valence-electron chi connectivity index (χ2n) is 6.96. The number of ether oxygens (including phenoxy) is 4. The monoisotopic (exact) mass is 481 g/mol. The summed E-state index contributed by atoms with van der Waals surface area (Å²) in [4.78, 5) is 12.1. The summed E-state index contributed by atoms with van der Waals surface area (Å²) in [6.45, 7) is -0.356. The van der Waals surface area contributed by atoms with E-state index in [0.29, 0.717) is 18.4 Å². The normalized spacial score (nSPS) is 25.2. The summed E-state index contributed by atoms with van der Waals surface area (Å²) in [6.07, 6.45) is -0.178. The lowest BCUT2D eigenvalue weighted by Gasteiger charge is -2.39. The Labute approximate surface area is 195 Å². The van der Waals surface area contributed by atoms with E-state index in [2.05, 4.69) is 0 Å². The van der Waals surface area contributed by atoms with E-state index in [9.17, 15) is 25.2 Å². The van der Waals surface area contributed by atoms with Crippen LogP contribution in [-0.2, 0) is 14.3 Å². The zero-order chi connectivity index (χ0) is 24.4. The van der Waals surface area contributed by atoms with Crippen LogP contribution in [0, 0.1) is 11.3 Å². The molecule has 1 fully saturated rings. The highest BCUT2D eigenvalue weighted by Gasteiger charge is 2.44. The van der Waals surface area contributed by atoms with Crippen LogP contribution in [0.2, 0.25) is 0 Å². The van der Waals surface area contributed by atoms with Crippen LogP contribution >= 0.6 is 11.8 Å². The van der Waals surface area contributed by atoms with Crippen LogP contribution in [0.15, 0.2) is 29.7 Å². The molecule has 11 heteroatoms. The predicted molar refractivity (Wildman–Crippen MR) is 119 cm³/mol. The molecule has 180 valence electrons. The molecule has 5 unspecified atom stereocenters. The molecular weight excluding hydrogens is 454 g/mol. The van der Waals surface area contributed by atoms with Crippen LogP contribution in [0.1, 0.15) is 18.4 Å². The number of phenolic OH excluding ortho intramolecular Hbond substituents is 1. The van der Waals surface area contributed by atoms with Gasteiger partial charge in [0.2, 0.25) is 5.75 Å². The van der Waals surface area contributed by atoms with Gasteiger partial charge in [-0.1, -0.05) is 17.8 Å². The number of rotatable bonds is 10. The van der Waals surface area contributed by atoms with Crippen molar-refractivity contribution in [1.29, 1.82) is 5.26 Å². The largest absolute Gasteiger partial charge is 0.502 e. The molecule has 1 aliphatic rings. The van der Waals surface area contributed by atoms with E-state index < -0.39 is 35.8 Å². The van der Waals surface area contributed by atoms with Crippen LogP contribution in [0.25, 0.3) is 6.08 Å². The number of hydrogen-bond donors (Lipinski definition) is 4. The second kappa shape index (κ2) is 13.1. The molecule has 1 aliphatic heterocycles. The van der Waals surface area contributed by atoms with E-state index >= 15 is 0 Å². The third-order valence-electron chi connectivity index (χ3n) is 4.70. The van der Waals surface area contributed by atoms with Crippen molar-refractivity contribution in [3.8, 4) is 23.3 Å². The van der Waals surface area contributed by atoms with E-state index in [0.717, 1.165) is 17.8 Å². The van der Waals surface area contributed by atoms with Gasteiger partial charge in [0, 0.05) is 12.5 Å². The summed E-state index contributed by atoms with van der Waals surface area (Å²) in [7, 11) is 2.76. The molecule has 4 N–H and O–H groups in total. The first-order valence-electron chi connectivity index (χ1n) is 9.99. The lowest BCUT2D eigenvalue weighted by atomic mass is 10.0. The van der Waals surface area contributed by atoms with Crippen molar-refractivity contribution in [3.05, 3.63) is 35.3 Å². The molecule has 1 saturated heterocycles. The number of aliphatic hydroxyl groups is 3. The maximum Gasteiger partial charge on any atom is 0.330 e. The van der Waals surface area contributed by atoms with Crippen molar-refractivity contribution in [1.82, 2.24) is 0 Å².